The zero-order valence-electron chi connectivity index (χ0n) is 24.0. The number of carbonyl (C=O) groups is 5. The lowest BCUT2D eigenvalue weighted by Crippen LogP contribution is -2.14. The van der Waals surface area contributed by atoms with Gasteiger partial charge in [0.1, 0.15) is 5.75 Å². The van der Waals surface area contributed by atoms with E-state index in [1.807, 2.05) is 0 Å². The van der Waals surface area contributed by atoms with E-state index in [0.29, 0.717) is 5.56 Å². The van der Waals surface area contributed by atoms with Crippen LogP contribution in [0.3, 0.4) is 0 Å². The van der Waals surface area contributed by atoms with Gasteiger partial charge < -0.3 is 23.7 Å². The second-order valence-corrected chi connectivity index (χ2v) is 9.21. The number of carbonyl (C=O) groups excluding carboxylic acids is 5. The van der Waals surface area contributed by atoms with Crippen molar-refractivity contribution >= 4 is 35.9 Å². The highest BCUT2D eigenvalue weighted by Gasteiger charge is 2.19. The van der Waals surface area contributed by atoms with Gasteiger partial charge in [-0.05, 0) is 70.5 Å². The minimum atomic E-state index is -0.826. The van der Waals surface area contributed by atoms with Gasteiger partial charge >= 0.3 is 29.8 Å². The maximum Gasteiger partial charge on any atom is 0.339 e. The molecule has 42 heavy (non-hydrogen) atoms. The molecular weight excluding hydrogens is 544 g/mol. The first-order chi connectivity index (χ1) is 19.6. The van der Waals surface area contributed by atoms with E-state index in [1.54, 1.807) is 0 Å². The van der Waals surface area contributed by atoms with Crippen molar-refractivity contribution in [2.75, 3.05) is 0 Å². The summed E-state index contributed by atoms with van der Waals surface area (Å²) in [7, 11) is 0. The Morgan fingerprint density at radius 1 is 0.500 bits per heavy atom. The van der Waals surface area contributed by atoms with Crippen molar-refractivity contribution in [2.24, 2.45) is 0 Å². The Morgan fingerprint density at radius 3 is 1.36 bits per heavy atom. The quantitative estimate of drug-likeness (QED) is 0.189. The van der Waals surface area contributed by atoms with Crippen LogP contribution in [0.15, 0.2) is 90.6 Å². The Kier molecular flexibility index (Phi) is 11.1. The van der Waals surface area contributed by atoms with Crippen LogP contribution in [0.2, 0.25) is 0 Å². The fourth-order valence-corrected chi connectivity index (χ4v) is 2.74. The highest BCUT2D eigenvalue weighted by molar-refractivity contribution is 5.96. The van der Waals surface area contributed by atoms with Crippen molar-refractivity contribution < 1.29 is 47.7 Å². The van der Waals surface area contributed by atoms with Crippen molar-refractivity contribution in [1.29, 1.82) is 0 Å². The highest BCUT2D eigenvalue weighted by atomic mass is 16.6. The van der Waals surface area contributed by atoms with Crippen molar-refractivity contribution in [1.82, 2.24) is 0 Å². The molecule has 0 heterocycles. The van der Waals surface area contributed by atoms with Gasteiger partial charge in [0.25, 0.3) is 0 Å². The van der Waals surface area contributed by atoms with Gasteiger partial charge in [-0.1, -0.05) is 32.4 Å². The van der Waals surface area contributed by atoms with Crippen LogP contribution in [0.4, 0.5) is 0 Å². The molecule has 0 radical (unpaired) electrons. The van der Waals surface area contributed by atoms with Gasteiger partial charge in [-0.3, -0.25) is 0 Å². The van der Waals surface area contributed by atoms with Crippen LogP contribution in [-0.4, -0.2) is 29.8 Å². The molecule has 0 N–H and O–H groups in total. The summed E-state index contributed by atoms with van der Waals surface area (Å²) >= 11 is 0. The van der Waals surface area contributed by atoms with E-state index in [-0.39, 0.29) is 56.6 Å². The molecular formula is C32H30O10. The Hall–Kier alpha value is -5.51. The number of hydrogen-bond acceptors (Lipinski definition) is 10. The molecule has 2 aromatic rings. The number of esters is 5. The lowest BCUT2D eigenvalue weighted by Gasteiger charge is -2.13. The van der Waals surface area contributed by atoms with Crippen LogP contribution in [0, 0.1) is 0 Å². The van der Waals surface area contributed by atoms with Crippen LogP contribution in [0.1, 0.15) is 40.2 Å². The summed E-state index contributed by atoms with van der Waals surface area (Å²) in [6.45, 7) is 21.3. The Labute approximate surface area is 243 Å². The normalized spacial score (nSPS) is 10.5. The van der Waals surface area contributed by atoms with Crippen molar-refractivity contribution in [3.05, 3.63) is 96.1 Å². The third-order valence-electron chi connectivity index (χ3n) is 5.00. The predicted octanol–water partition coefficient (Wildman–Crippen LogP) is 5.62. The second kappa shape index (κ2) is 14.2. The third kappa shape index (κ3) is 9.30. The first-order valence-corrected chi connectivity index (χ1v) is 12.3. The van der Waals surface area contributed by atoms with E-state index in [0.717, 1.165) is 0 Å². The van der Waals surface area contributed by atoms with Gasteiger partial charge in [0.15, 0.2) is 23.0 Å². The van der Waals surface area contributed by atoms with E-state index in [4.69, 9.17) is 23.7 Å². The largest absolute Gasteiger partial charge is 0.423 e. The molecule has 0 spiro atoms. The molecule has 0 aliphatic carbocycles. The number of hydrogen-bond donors (Lipinski definition) is 0. The minimum Gasteiger partial charge on any atom is -0.423 e. The van der Waals surface area contributed by atoms with E-state index in [9.17, 15) is 24.0 Å². The van der Waals surface area contributed by atoms with Gasteiger partial charge in [0.2, 0.25) is 0 Å². The Balaban J connectivity index is 2.40. The van der Waals surface area contributed by atoms with Gasteiger partial charge in [-0.15, -0.1) is 0 Å². The first-order valence-electron chi connectivity index (χ1n) is 12.3. The summed E-state index contributed by atoms with van der Waals surface area (Å²) < 4.78 is 26.4. The van der Waals surface area contributed by atoms with Crippen LogP contribution in [0.5, 0.6) is 28.7 Å². The molecule has 2 rings (SSSR count). The molecule has 0 unspecified atom stereocenters. The molecule has 10 heteroatoms. The number of rotatable bonds is 11. The van der Waals surface area contributed by atoms with Crippen molar-refractivity contribution in [2.45, 2.75) is 34.6 Å². The SMILES string of the molecule is C=C(C)C(=O)Oc1ccc(OC(=O)/C(C)=C/c2ccc(OC(=O)C(=C)C)c(OC(=O)C(=C)C)c2)c(OC(=O)C(=C)C)c1. The summed E-state index contributed by atoms with van der Waals surface area (Å²) in [5, 5.41) is 0. The summed E-state index contributed by atoms with van der Waals surface area (Å²) in [5.74, 6) is -4.28. The molecule has 218 valence electrons. The summed E-state index contributed by atoms with van der Waals surface area (Å²) in [5.41, 5.74) is 0.940. The predicted molar refractivity (Wildman–Crippen MR) is 154 cm³/mol. The average molecular weight is 575 g/mol. The molecule has 0 atom stereocenters. The summed E-state index contributed by atoms with van der Waals surface area (Å²) in [6.07, 6.45) is 1.42. The van der Waals surface area contributed by atoms with E-state index < -0.39 is 29.8 Å². The zero-order chi connectivity index (χ0) is 31.7. The molecule has 0 saturated heterocycles. The molecule has 0 amide bonds. The van der Waals surface area contributed by atoms with E-state index in [2.05, 4.69) is 26.3 Å². The first kappa shape index (κ1) is 32.7. The molecule has 0 aromatic heterocycles. The number of benzene rings is 2. The van der Waals surface area contributed by atoms with Gasteiger partial charge in [0, 0.05) is 33.9 Å². The van der Waals surface area contributed by atoms with Gasteiger partial charge in [0.05, 0.1) is 0 Å². The maximum absolute atomic E-state index is 13.0. The molecule has 2 aromatic carbocycles. The van der Waals surface area contributed by atoms with Crippen LogP contribution < -0.4 is 23.7 Å². The van der Waals surface area contributed by atoms with E-state index in [1.165, 1.54) is 77.1 Å². The Bertz CT molecular complexity index is 1550. The van der Waals surface area contributed by atoms with Gasteiger partial charge in [-0.25, -0.2) is 24.0 Å². The average Bonchev–Trinajstić information content (AvgIpc) is 2.90. The topological polar surface area (TPSA) is 132 Å². The lowest BCUT2D eigenvalue weighted by molar-refractivity contribution is -0.132. The number of ether oxygens (including phenoxy) is 5. The molecule has 0 aliphatic heterocycles. The summed E-state index contributed by atoms with van der Waals surface area (Å²) in [6, 6.07) is 8.11. The van der Waals surface area contributed by atoms with Gasteiger partial charge in [-0.2, -0.15) is 0 Å². The lowest BCUT2D eigenvalue weighted by atomic mass is 10.1. The minimum absolute atomic E-state index is 0.0175. The molecule has 0 saturated carbocycles. The van der Waals surface area contributed by atoms with Crippen molar-refractivity contribution in [3.63, 3.8) is 0 Å². The molecule has 10 nitrogen and oxygen atoms in total. The zero-order valence-corrected chi connectivity index (χ0v) is 24.0. The van der Waals surface area contributed by atoms with Crippen LogP contribution in [-0.2, 0) is 24.0 Å². The molecule has 0 bridgehead atoms. The molecule has 0 fully saturated rings. The maximum atomic E-state index is 13.0. The molecule has 0 aliphatic rings. The summed E-state index contributed by atoms with van der Waals surface area (Å²) in [4.78, 5) is 61.2. The monoisotopic (exact) mass is 574 g/mol. The Morgan fingerprint density at radius 2 is 0.881 bits per heavy atom. The highest BCUT2D eigenvalue weighted by Crippen LogP contribution is 2.34. The van der Waals surface area contributed by atoms with Crippen molar-refractivity contribution in [3.8, 4) is 28.7 Å². The third-order valence-corrected chi connectivity index (χ3v) is 5.00. The fraction of sp³-hybridized carbons (Fsp3) is 0.156. The van der Waals surface area contributed by atoms with Crippen LogP contribution in [0.25, 0.3) is 6.08 Å². The smallest absolute Gasteiger partial charge is 0.339 e. The standard InChI is InChI=1S/C32H30O10/c1-17(2)28(33)38-23-11-13-25(27(16-23)42-31(36)20(7)8)40-32(37)21(9)14-22-10-12-24(39-29(34)18(3)4)26(15-22)41-30(35)19(5)6/h10-16H,1,3,5,7H2,2,4,6,8-9H3/b21-14+. The van der Waals surface area contributed by atoms with E-state index >= 15 is 0 Å². The fourth-order valence-electron chi connectivity index (χ4n) is 2.74. The van der Waals surface area contributed by atoms with Crippen LogP contribution >= 0.6 is 0 Å². The second-order valence-electron chi connectivity index (χ2n) is 9.21.